The molecular formula is C14H22N3O7-5. The molecule has 1 fully saturated rings. The summed E-state index contributed by atoms with van der Waals surface area (Å²) in [6, 6.07) is -3.47. The highest BCUT2D eigenvalue weighted by Crippen LogP contribution is 2.17. The Labute approximate surface area is 139 Å². The molecule has 6 atom stereocenters. The molecule has 0 spiro atoms. The summed E-state index contributed by atoms with van der Waals surface area (Å²) in [5, 5.41) is 66.2. The number of aldehydes is 1. The second-order valence-electron chi connectivity index (χ2n) is 5.62. The number of hydrogen-bond donors (Lipinski definition) is 3. The number of carboxylic acids is 1. The molecule has 10 nitrogen and oxygen atoms in total. The van der Waals surface area contributed by atoms with E-state index in [1.165, 1.54) is 0 Å². The fraction of sp³-hybridized carbons (Fsp3) is 0.857. The van der Waals surface area contributed by atoms with Crippen molar-refractivity contribution in [2.45, 2.75) is 49.3 Å². The van der Waals surface area contributed by atoms with E-state index in [9.17, 15) is 35.1 Å². The Kier molecular flexibility index (Phi) is 9.29. The van der Waals surface area contributed by atoms with Gasteiger partial charge in [0.05, 0.1) is 0 Å². The highest BCUT2D eigenvalue weighted by atomic mass is 16.4. The number of carbonyl (C=O) groups is 2. The maximum Gasteiger partial charge on any atom is 0.121 e. The number of carboxylic acid groups (broad SMARTS) is 1. The van der Waals surface area contributed by atoms with Crippen LogP contribution in [0.2, 0.25) is 0 Å². The van der Waals surface area contributed by atoms with Crippen molar-refractivity contribution in [1.29, 1.82) is 0 Å². The fourth-order valence-corrected chi connectivity index (χ4v) is 2.80. The average Bonchev–Trinajstić information content (AvgIpc) is 2.53. The van der Waals surface area contributed by atoms with Crippen LogP contribution in [0.1, 0.15) is 12.8 Å². The zero-order chi connectivity index (χ0) is 18.1. The molecule has 1 aliphatic carbocycles. The first-order valence-corrected chi connectivity index (χ1v) is 7.83. The van der Waals surface area contributed by atoms with Crippen LogP contribution in [-0.2, 0) is 9.59 Å². The third-order valence-electron chi connectivity index (χ3n) is 3.96. The zero-order valence-corrected chi connectivity index (χ0v) is 13.1. The Morgan fingerprint density at radius 2 is 1.33 bits per heavy atom. The Hall–Kier alpha value is -1.14. The second kappa shape index (κ2) is 10.7. The molecule has 0 saturated heterocycles. The summed E-state index contributed by atoms with van der Waals surface area (Å²) in [6.07, 6.45) is -4.43. The van der Waals surface area contributed by atoms with E-state index in [1.54, 1.807) is 0 Å². The average molecular weight is 344 g/mol. The number of aliphatic carboxylic acids is 1. The van der Waals surface area contributed by atoms with Gasteiger partial charge >= 0.3 is 0 Å². The maximum atomic E-state index is 12.5. The van der Waals surface area contributed by atoms with E-state index in [0.29, 0.717) is 6.29 Å². The monoisotopic (exact) mass is 344 g/mol. The zero-order valence-electron chi connectivity index (χ0n) is 13.1. The predicted molar refractivity (Wildman–Crippen MR) is 71.9 cm³/mol. The molecule has 1 rings (SSSR count). The molecule has 1 aliphatic rings. The molecule has 0 bridgehead atoms. The van der Waals surface area contributed by atoms with E-state index in [1.807, 2.05) is 0 Å². The first-order chi connectivity index (χ1) is 11.4. The largest absolute Gasteiger partial charge is 0.854 e. The van der Waals surface area contributed by atoms with Crippen LogP contribution in [0.3, 0.4) is 0 Å². The Morgan fingerprint density at radius 1 is 0.875 bits per heavy atom. The van der Waals surface area contributed by atoms with Gasteiger partial charge in [-0.05, 0) is 31.1 Å². The van der Waals surface area contributed by atoms with Crippen LogP contribution in [0.5, 0.6) is 0 Å². The van der Waals surface area contributed by atoms with Crippen molar-refractivity contribution in [3.05, 3.63) is 0 Å². The van der Waals surface area contributed by atoms with Crippen molar-refractivity contribution < 1.29 is 35.1 Å². The standard InChI is InChI=1S/C14H23N3O7/c18-6-1-3-15-9-12(22)10(16-4-2-8(20)21)14(24)11(13(9)23)17-5-7-19/h6,9-17H,1-5,7H2,(H,20,21)/q-4/p-1/t9-,10+,11-,12+,13-,14+/m1/s1. The molecular weight excluding hydrogens is 322 g/mol. The van der Waals surface area contributed by atoms with Crippen LogP contribution in [-0.4, -0.2) is 74.9 Å². The lowest BCUT2D eigenvalue weighted by Crippen LogP contribution is -2.81. The predicted octanol–water partition coefficient (Wildman–Crippen LogP) is -7.85. The van der Waals surface area contributed by atoms with Gasteiger partial charge in [0, 0.05) is 25.5 Å². The highest BCUT2D eigenvalue weighted by Gasteiger charge is 2.35. The molecule has 24 heavy (non-hydrogen) atoms. The highest BCUT2D eigenvalue weighted by molar-refractivity contribution is 5.64. The van der Waals surface area contributed by atoms with Crippen LogP contribution in [0.15, 0.2) is 0 Å². The van der Waals surface area contributed by atoms with Gasteiger partial charge in [-0.15, -0.1) is 6.61 Å². The third kappa shape index (κ3) is 5.74. The normalized spacial score (nSPS) is 33.3. The Morgan fingerprint density at radius 3 is 1.75 bits per heavy atom. The van der Waals surface area contributed by atoms with E-state index < -0.39 is 49.0 Å². The van der Waals surface area contributed by atoms with Crippen LogP contribution < -0.4 is 41.5 Å². The smallest absolute Gasteiger partial charge is 0.121 e. The van der Waals surface area contributed by atoms with Crippen molar-refractivity contribution in [2.24, 2.45) is 0 Å². The molecule has 140 valence electrons. The second-order valence-corrected chi connectivity index (χ2v) is 5.62. The molecule has 0 aromatic rings. The van der Waals surface area contributed by atoms with E-state index in [2.05, 4.69) is 16.0 Å². The summed E-state index contributed by atoms with van der Waals surface area (Å²) in [4.78, 5) is 20.8. The minimum absolute atomic E-state index is 0.0848. The quantitative estimate of drug-likeness (QED) is 0.240. The number of carbonyl (C=O) groups excluding carboxylic acids is 2. The fourth-order valence-electron chi connectivity index (χ4n) is 2.80. The summed E-state index contributed by atoms with van der Waals surface area (Å²) < 4.78 is 0. The van der Waals surface area contributed by atoms with E-state index >= 15 is 0 Å². The first kappa shape index (κ1) is 20.9. The molecule has 0 aliphatic heterocycles. The maximum absolute atomic E-state index is 12.5. The molecule has 0 radical (unpaired) electrons. The molecule has 0 amide bonds. The molecule has 0 aromatic heterocycles. The first-order valence-electron chi connectivity index (χ1n) is 7.83. The van der Waals surface area contributed by atoms with Crippen molar-refractivity contribution in [3.8, 4) is 0 Å². The Bertz CT molecular complexity index is 399. The van der Waals surface area contributed by atoms with E-state index in [-0.39, 0.29) is 32.5 Å². The summed E-state index contributed by atoms with van der Waals surface area (Å²) in [5.74, 6) is -1.33. The van der Waals surface area contributed by atoms with Gasteiger partial charge in [0.15, 0.2) is 0 Å². The van der Waals surface area contributed by atoms with E-state index in [0.717, 1.165) is 0 Å². The minimum atomic E-state index is -1.62. The van der Waals surface area contributed by atoms with Gasteiger partial charge in [0.1, 0.15) is 6.29 Å². The topological polar surface area (TPSA) is 186 Å². The summed E-state index contributed by atoms with van der Waals surface area (Å²) in [7, 11) is 0. The van der Waals surface area contributed by atoms with Gasteiger partial charge < -0.3 is 51.1 Å². The SMILES string of the molecule is O=CCCN[C@H]1[C@@H]([O-])[C@@H](NCC[O-])[C@@H]([O-])[C@@H](NCCC(=O)[O-])[C@H]1[O-]. The van der Waals surface area contributed by atoms with Crippen molar-refractivity contribution in [2.75, 3.05) is 26.2 Å². The molecule has 3 N–H and O–H groups in total. The lowest BCUT2D eigenvalue weighted by atomic mass is 9.79. The summed E-state index contributed by atoms with van der Waals surface area (Å²) in [5.41, 5.74) is 0. The number of hydrogen-bond acceptors (Lipinski definition) is 10. The van der Waals surface area contributed by atoms with Crippen molar-refractivity contribution in [1.82, 2.24) is 16.0 Å². The lowest BCUT2D eigenvalue weighted by Gasteiger charge is -2.61. The summed E-state index contributed by atoms with van der Waals surface area (Å²) >= 11 is 0. The van der Waals surface area contributed by atoms with Gasteiger partial charge in [-0.25, -0.2) is 0 Å². The summed E-state index contributed by atoms with van der Waals surface area (Å²) in [6.45, 7) is -0.625. The molecule has 0 heterocycles. The third-order valence-corrected chi connectivity index (χ3v) is 3.96. The number of nitrogens with one attached hydrogen (secondary N) is 3. The number of rotatable bonds is 11. The van der Waals surface area contributed by atoms with Crippen molar-refractivity contribution in [3.63, 3.8) is 0 Å². The van der Waals surface area contributed by atoms with Crippen LogP contribution in [0.25, 0.3) is 0 Å². The molecule has 1 saturated carbocycles. The molecule has 10 heteroatoms. The Balaban J connectivity index is 2.81. The van der Waals surface area contributed by atoms with Gasteiger partial charge in [-0.2, -0.15) is 0 Å². The van der Waals surface area contributed by atoms with Crippen LogP contribution in [0.4, 0.5) is 0 Å². The van der Waals surface area contributed by atoms with E-state index in [4.69, 9.17) is 0 Å². The van der Waals surface area contributed by atoms with Gasteiger partial charge in [0.2, 0.25) is 0 Å². The molecule has 0 unspecified atom stereocenters. The van der Waals surface area contributed by atoms with Gasteiger partial charge in [0.25, 0.3) is 0 Å². The molecule has 0 aromatic carbocycles. The van der Waals surface area contributed by atoms with Crippen molar-refractivity contribution >= 4 is 12.3 Å². The van der Waals surface area contributed by atoms with Gasteiger partial charge in [-0.3, -0.25) is 0 Å². The van der Waals surface area contributed by atoms with Crippen LogP contribution in [0, 0.1) is 0 Å². The minimum Gasteiger partial charge on any atom is -0.854 e. The lowest BCUT2D eigenvalue weighted by molar-refractivity contribution is -0.536. The van der Waals surface area contributed by atoms with Crippen LogP contribution >= 0.6 is 0 Å². The van der Waals surface area contributed by atoms with Gasteiger partial charge in [-0.1, -0.05) is 18.3 Å².